The zero-order chi connectivity index (χ0) is 29.5. The second-order valence-electron chi connectivity index (χ2n) is 12.6. The predicted molar refractivity (Wildman–Crippen MR) is 176 cm³/mol. The van der Waals surface area contributed by atoms with Crippen LogP contribution in [0.5, 0.6) is 0 Å². The Balaban J connectivity index is 3.79. The normalized spacial score (nSPS) is 12.8. The highest BCUT2D eigenvalue weighted by molar-refractivity contribution is 5.87. The minimum atomic E-state index is -0.406. The van der Waals surface area contributed by atoms with Crippen molar-refractivity contribution >= 4 is 11.8 Å². The Kier molecular flexibility index (Phi) is 30.1. The van der Waals surface area contributed by atoms with Gasteiger partial charge >= 0.3 is 0 Å². The third-order valence-corrected chi connectivity index (χ3v) is 8.65. The SMILES string of the molecule is CCCCCCCCCCCCCCCCCC(=O)N[C@H](C(=O)NCCCCCCCCCCCC)[C@@H](C)CC. The van der Waals surface area contributed by atoms with Gasteiger partial charge in [-0.1, -0.05) is 182 Å². The first-order valence-corrected chi connectivity index (χ1v) is 18.1. The number of hydrogen-bond donors (Lipinski definition) is 2. The average Bonchev–Trinajstić information content (AvgIpc) is 2.96. The smallest absolute Gasteiger partial charge is 0.242 e. The maximum Gasteiger partial charge on any atom is 0.242 e. The van der Waals surface area contributed by atoms with Crippen LogP contribution in [0.15, 0.2) is 0 Å². The molecule has 0 aliphatic heterocycles. The highest BCUT2D eigenvalue weighted by Crippen LogP contribution is 2.15. The highest BCUT2D eigenvalue weighted by atomic mass is 16.2. The van der Waals surface area contributed by atoms with Gasteiger partial charge in [0.15, 0.2) is 0 Å². The van der Waals surface area contributed by atoms with E-state index in [0.717, 1.165) is 32.2 Å². The molecule has 40 heavy (non-hydrogen) atoms. The fourth-order valence-electron chi connectivity index (χ4n) is 5.54. The second kappa shape index (κ2) is 30.9. The van der Waals surface area contributed by atoms with Crippen molar-refractivity contribution in [2.24, 2.45) is 5.92 Å². The fraction of sp³-hybridized carbons (Fsp3) is 0.944. The first kappa shape index (κ1) is 38.9. The lowest BCUT2D eigenvalue weighted by Crippen LogP contribution is -2.50. The van der Waals surface area contributed by atoms with Gasteiger partial charge < -0.3 is 10.6 Å². The Bertz CT molecular complexity index is 551. The lowest BCUT2D eigenvalue weighted by atomic mass is 9.97. The maximum absolute atomic E-state index is 12.8. The summed E-state index contributed by atoms with van der Waals surface area (Å²) in [6.07, 6.45) is 34.2. The molecule has 0 aliphatic rings. The first-order valence-electron chi connectivity index (χ1n) is 18.1. The van der Waals surface area contributed by atoms with E-state index in [0.29, 0.717) is 6.42 Å². The van der Waals surface area contributed by atoms with E-state index in [-0.39, 0.29) is 17.7 Å². The van der Waals surface area contributed by atoms with Crippen LogP contribution >= 0.6 is 0 Å². The number of hydrogen-bond acceptors (Lipinski definition) is 2. The molecule has 0 bridgehead atoms. The molecular formula is C36H72N2O2. The summed E-state index contributed by atoms with van der Waals surface area (Å²) < 4.78 is 0. The number of carbonyl (C=O) groups excluding carboxylic acids is 2. The molecule has 0 radical (unpaired) electrons. The molecule has 0 spiro atoms. The molecule has 4 nitrogen and oxygen atoms in total. The number of carbonyl (C=O) groups is 2. The molecule has 0 aliphatic carbocycles. The van der Waals surface area contributed by atoms with Crippen LogP contribution in [0.4, 0.5) is 0 Å². The standard InChI is InChI=1S/C36H72N2O2/c1-5-8-10-12-14-16-18-19-20-21-22-23-25-27-29-31-34(39)38-35(33(4)7-3)36(40)37-32-30-28-26-24-17-15-13-11-9-6-2/h33,35H,5-32H2,1-4H3,(H,37,40)(H,38,39)/t33-,35-/m0/s1. The third kappa shape index (κ3) is 25.9. The van der Waals surface area contributed by atoms with E-state index in [2.05, 4.69) is 38.3 Å². The zero-order valence-corrected chi connectivity index (χ0v) is 27.8. The van der Waals surface area contributed by atoms with Crippen LogP contribution in [0.25, 0.3) is 0 Å². The van der Waals surface area contributed by atoms with E-state index < -0.39 is 6.04 Å². The Morgan fingerprint density at radius 2 is 0.850 bits per heavy atom. The van der Waals surface area contributed by atoms with Crippen molar-refractivity contribution < 1.29 is 9.59 Å². The predicted octanol–water partition coefficient (Wildman–Crippen LogP) is 10.8. The van der Waals surface area contributed by atoms with Gasteiger partial charge in [-0.25, -0.2) is 0 Å². The van der Waals surface area contributed by atoms with Crippen LogP contribution in [0.1, 0.15) is 201 Å². The van der Waals surface area contributed by atoms with Crippen LogP contribution in [-0.4, -0.2) is 24.4 Å². The van der Waals surface area contributed by atoms with Crippen molar-refractivity contribution in [1.82, 2.24) is 10.6 Å². The highest BCUT2D eigenvalue weighted by Gasteiger charge is 2.25. The van der Waals surface area contributed by atoms with Crippen LogP contribution in [0.2, 0.25) is 0 Å². The summed E-state index contributed by atoms with van der Waals surface area (Å²) in [6.45, 7) is 9.42. The largest absolute Gasteiger partial charge is 0.354 e. The molecule has 0 heterocycles. The van der Waals surface area contributed by atoms with E-state index in [9.17, 15) is 9.59 Å². The Morgan fingerprint density at radius 1 is 0.500 bits per heavy atom. The molecule has 0 unspecified atom stereocenters. The molecule has 238 valence electrons. The van der Waals surface area contributed by atoms with Crippen LogP contribution < -0.4 is 10.6 Å². The summed E-state index contributed by atoms with van der Waals surface area (Å²) in [4.78, 5) is 25.4. The van der Waals surface area contributed by atoms with Crippen LogP contribution in [0.3, 0.4) is 0 Å². The van der Waals surface area contributed by atoms with Gasteiger partial charge in [0.25, 0.3) is 0 Å². The Hall–Kier alpha value is -1.06. The third-order valence-electron chi connectivity index (χ3n) is 8.65. The zero-order valence-electron chi connectivity index (χ0n) is 27.8. The van der Waals surface area contributed by atoms with Gasteiger partial charge in [0, 0.05) is 13.0 Å². The molecule has 0 saturated heterocycles. The topological polar surface area (TPSA) is 58.2 Å². The quantitative estimate of drug-likeness (QED) is 0.0823. The van der Waals surface area contributed by atoms with Gasteiger partial charge in [-0.3, -0.25) is 9.59 Å². The minimum absolute atomic E-state index is 0.00452. The summed E-state index contributed by atoms with van der Waals surface area (Å²) >= 11 is 0. The summed E-state index contributed by atoms with van der Waals surface area (Å²) in [5.41, 5.74) is 0. The van der Waals surface area contributed by atoms with Crippen molar-refractivity contribution in [3.63, 3.8) is 0 Å². The molecule has 0 rings (SSSR count). The number of nitrogens with one attached hydrogen (secondary N) is 2. The molecular weight excluding hydrogens is 492 g/mol. The van der Waals surface area contributed by atoms with Crippen molar-refractivity contribution in [3.8, 4) is 0 Å². The summed E-state index contributed by atoms with van der Waals surface area (Å²) in [6, 6.07) is -0.406. The molecule has 0 aromatic carbocycles. The molecule has 0 aromatic rings. The van der Waals surface area contributed by atoms with E-state index in [1.54, 1.807) is 0 Å². The van der Waals surface area contributed by atoms with E-state index in [4.69, 9.17) is 0 Å². The summed E-state index contributed by atoms with van der Waals surface area (Å²) in [7, 11) is 0. The number of unbranched alkanes of at least 4 members (excludes halogenated alkanes) is 23. The molecule has 0 saturated carbocycles. The van der Waals surface area contributed by atoms with E-state index in [1.165, 1.54) is 141 Å². The van der Waals surface area contributed by atoms with Crippen molar-refractivity contribution in [2.45, 2.75) is 207 Å². The van der Waals surface area contributed by atoms with Crippen LogP contribution in [0, 0.1) is 5.92 Å². The fourth-order valence-corrected chi connectivity index (χ4v) is 5.54. The van der Waals surface area contributed by atoms with E-state index >= 15 is 0 Å². The molecule has 4 heteroatoms. The number of rotatable bonds is 31. The number of amides is 2. The van der Waals surface area contributed by atoms with Gasteiger partial charge in [-0.15, -0.1) is 0 Å². The lowest BCUT2D eigenvalue weighted by Gasteiger charge is -2.23. The van der Waals surface area contributed by atoms with Crippen molar-refractivity contribution in [3.05, 3.63) is 0 Å². The van der Waals surface area contributed by atoms with Gasteiger partial charge in [0.1, 0.15) is 6.04 Å². The Labute approximate surface area is 251 Å². The minimum Gasteiger partial charge on any atom is -0.354 e. The second-order valence-corrected chi connectivity index (χ2v) is 12.6. The molecule has 2 atom stereocenters. The van der Waals surface area contributed by atoms with Gasteiger partial charge in [0.2, 0.25) is 11.8 Å². The maximum atomic E-state index is 12.8. The molecule has 0 fully saturated rings. The van der Waals surface area contributed by atoms with Gasteiger partial charge in [0.05, 0.1) is 0 Å². The molecule has 2 amide bonds. The van der Waals surface area contributed by atoms with Crippen LogP contribution in [-0.2, 0) is 9.59 Å². The Morgan fingerprint density at radius 3 is 1.23 bits per heavy atom. The van der Waals surface area contributed by atoms with E-state index in [1.807, 2.05) is 0 Å². The molecule has 2 N–H and O–H groups in total. The van der Waals surface area contributed by atoms with Crippen molar-refractivity contribution in [1.29, 1.82) is 0 Å². The van der Waals surface area contributed by atoms with Gasteiger partial charge in [-0.2, -0.15) is 0 Å². The molecule has 0 aromatic heterocycles. The van der Waals surface area contributed by atoms with Crippen molar-refractivity contribution in [2.75, 3.05) is 6.54 Å². The lowest BCUT2D eigenvalue weighted by molar-refractivity contribution is -0.130. The summed E-state index contributed by atoms with van der Waals surface area (Å²) in [5.74, 6) is 0.182. The summed E-state index contributed by atoms with van der Waals surface area (Å²) in [5, 5.41) is 6.15. The van der Waals surface area contributed by atoms with Gasteiger partial charge in [-0.05, 0) is 18.8 Å². The average molecular weight is 565 g/mol. The monoisotopic (exact) mass is 565 g/mol. The first-order chi connectivity index (χ1) is 19.6.